The van der Waals surface area contributed by atoms with Gasteiger partial charge in [-0.15, -0.1) is 0 Å². The highest BCUT2D eigenvalue weighted by Gasteiger charge is 2.24. The van der Waals surface area contributed by atoms with Gasteiger partial charge in [0.05, 0.1) is 12.1 Å². The molecule has 0 radical (unpaired) electrons. The molecule has 0 aliphatic carbocycles. The molecule has 0 spiro atoms. The average molecular weight is 304 g/mol. The van der Waals surface area contributed by atoms with E-state index >= 15 is 0 Å². The summed E-state index contributed by atoms with van der Waals surface area (Å²) in [5, 5.41) is 1.15. The molecule has 0 bridgehead atoms. The lowest BCUT2D eigenvalue weighted by Crippen LogP contribution is -2.37. The van der Waals surface area contributed by atoms with Crippen LogP contribution in [-0.2, 0) is 4.79 Å². The molecule has 0 saturated heterocycles. The van der Waals surface area contributed by atoms with Crippen LogP contribution >= 0.6 is 35.2 Å². The predicted molar refractivity (Wildman–Crippen MR) is 63.1 cm³/mol. The minimum atomic E-state index is -2.77. The van der Waals surface area contributed by atoms with Crippen molar-refractivity contribution in [1.29, 1.82) is 0 Å². The van der Waals surface area contributed by atoms with Crippen LogP contribution in [0.4, 0.5) is 14.5 Å². The van der Waals surface area contributed by atoms with Gasteiger partial charge in [-0.2, -0.15) is 0 Å². The number of amides is 1. The smallest absolute Gasteiger partial charge is 0.249 e. The minimum absolute atomic E-state index is 0.241. The maximum atomic E-state index is 12.1. The van der Waals surface area contributed by atoms with E-state index in [4.69, 9.17) is 35.2 Å². The Balaban J connectivity index is 2.93. The van der Waals surface area contributed by atoms with Crippen molar-refractivity contribution in [2.45, 2.75) is 12.8 Å². The number of hydrogen-bond acceptors (Lipinski definition) is 2. The molecule has 1 rings (SSSR count). The van der Waals surface area contributed by atoms with Crippen molar-refractivity contribution < 1.29 is 13.6 Å². The molecule has 8 heteroatoms. The first-order chi connectivity index (χ1) is 7.91. The largest absolute Gasteiger partial charge is 0.273 e. The van der Waals surface area contributed by atoms with Crippen molar-refractivity contribution in [3.8, 4) is 0 Å². The molecule has 1 aromatic carbocycles. The highest BCUT2D eigenvalue weighted by Crippen LogP contribution is 2.23. The van der Waals surface area contributed by atoms with E-state index in [0.717, 1.165) is 0 Å². The van der Waals surface area contributed by atoms with Crippen LogP contribution in [0.25, 0.3) is 0 Å². The molecule has 0 aliphatic heterocycles. The Morgan fingerprint density at radius 2 is 1.76 bits per heavy atom. The fourth-order valence-corrected chi connectivity index (χ4v) is 1.59. The molecule has 0 aliphatic rings. The van der Waals surface area contributed by atoms with Crippen molar-refractivity contribution in [3.05, 3.63) is 29.3 Å². The standard InChI is InChI=1S/C9H7Cl3F2N2O/c10-6-1-3-7(4-2-6)15(16(11)12)9(17)5-8(13)14/h1-4,8H,5H2. The molecule has 0 heterocycles. The lowest BCUT2D eigenvalue weighted by molar-refractivity contribution is -0.122. The number of halogens is 5. The molecule has 0 saturated carbocycles. The van der Waals surface area contributed by atoms with Crippen LogP contribution in [-0.4, -0.2) is 16.4 Å². The molecule has 1 amide bonds. The fraction of sp³-hybridized carbons (Fsp3) is 0.222. The minimum Gasteiger partial charge on any atom is -0.273 e. The van der Waals surface area contributed by atoms with E-state index in [0.29, 0.717) is 14.1 Å². The molecule has 0 fully saturated rings. The maximum Gasteiger partial charge on any atom is 0.249 e. The Morgan fingerprint density at radius 1 is 1.24 bits per heavy atom. The van der Waals surface area contributed by atoms with E-state index in [9.17, 15) is 13.6 Å². The van der Waals surface area contributed by atoms with Crippen LogP contribution in [0.15, 0.2) is 24.3 Å². The predicted octanol–water partition coefficient (Wildman–Crippen LogP) is 3.85. The fourth-order valence-electron chi connectivity index (χ4n) is 1.12. The number of hydrogen-bond donors (Lipinski definition) is 0. The van der Waals surface area contributed by atoms with Gasteiger partial charge in [0.2, 0.25) is 12.3 Å². The number of hydrazine groups is 1. The summed E-state index contributed by atoms with van der Waals surface area (Å²) >= 11 is 16.5. The van der Waals surface area contributed by atoms with Crippen LogP contribution in [0.2, 0.25) is 5.02 Å². The van der Waals surface area contributed by atoms with E-state index in [1.165, 1.54) is 24.3 Å². The Bertz CT molecular complexity index is 386. The molecule has 3 nitrogen and oxygen atoms in total. The normalized spacial score (nSPS) is 11.0. The number of alkyl halides is 2. The van der Waals surface area contributed by atoms with Crippen LogP contribution in [0, 0.1) is 0 Å². The third-order valence-electron chi connectivity index (χ3n) is 1.79. The third kappa shape index (κ3) is 4.27. The van der Waals surface area contributed by atoms with Crippen molar-refractivity contribution in [2.24, 2.45) is 0 Å². The monoisotopic (exact) mass is 302 g/mol. The maximum absolute atomic E-state index is 12.1. The van der Waals surface area contributed by atoms with E-state index in [1.54, 1.807) is 0 Å². The first kappa shape index (κ1) is 14.4. The first-order valence-corrected chi connectivity index (χ1v) is 5.45. The van der Waals surface area contributed by atoms with Crippen molar-refractivity contribution in [2.75, 3.05) is 5.01 Å². The Labute approximate surface area is 112 Å². The second kappa shape index (κ2) is 6.35. The van der Waals surface area contributed by atoms with Crippen LogP contribution < -0.4 is 5.01 Å². The SMILES string of the molecule is O=C(CC(F)F)N(c1ccc(Cl)cc1)N(Cl)Cl. The molecular weight excluding hydrogens is 296 g/mol. The molecule has 0 atom stereocenters. The molecule has 1 aromatic rings. The number of nitrogens with zero attached hydrogens (tertiary/aromatic N) is 2. The summed E-state index contributed by atoms with van der Waals surface area (Å²) in [5.41, 5.74) is 0.241. The van der Waals surface area contributed by atoms with E-state index in [1.807, 2.05) is 0 Å². The van der Waals surface area contributed by atoms with Gasteiger partial charge in [-0.3, -0.25) is 4.79 Å². The van der Waals surface area contributed by atoms with Crippen LogP contribution in [0.3, 0.4) is 0 Å². The highest BCUT2D eigenvalue weighted by molar-refractivity contribution is 6.36. The zero-order valence-electron chi connectivity index (χ0n) is 8.29. The molecular formula is C9H7Cl3F2N2O. The van der Waals surface area contributed by atoms with E-state index in [-0.39, 0.29) is 5.69 Å². The lowest BCUT2D eigenvalue weighted by Gasteiger charge is -2.24. The van der Waals surface area contributed by atoms with Crippen molar-refractivity contribution in [3.63, 3.8) is 0 Å². The average Bonchev–Trinajstić information content (AvgIpc) is 2.19. The van der Waals surface area contributed by atoms with E-state index in [2.05, 4.69) is 0 Å². The summed E-state index contributed by atoms with van der Waals surface area (Å²) in [6.07, 6.45) is -3.75. The quantitative estimate of drug-likeness (QED) is 0.623. The number of anilines is 1. The highest BCUT2D eigenvalue weighted by atomic mass is 35.5. The van der Waals surface area contributed by atoms with Gasteiger partial charge in [0.1, 0.15) is 0 Å². The van der Waals surface area contributed by atoms with Gasteiger partial charge in [0.15, 0.2) is 0 Å². The summed E-state index contributed by atoms with van der Waals surface area (Å²) in [7, 11) is 0. The molecule has 17 heavy (non-hydrogen) atoms. The Hall–Kier alpha value is -0.620. The number of carbonyl (C=O) groups is 1. The van der Waals surface area contributed by atoms with Crippen LogP contribution in [0.5, 0.6) is 0 Å². The first-order valence-electron chi connectivity index (χ1n) is 4.40. The van der Waals surface area contributed by atoms with Gasteiger partial charge < -0.3 is 0 Å². The Morgan fingerprint density at radius 3 is 2.18 bits per heavy atom. The number of benzene rings is 1. The zero-order chi connectivity index (χ0) is 13.0. The summed E-state index contributed by atoms with van der Waals surface area (Å²) in [6.45, 7) is 0. The second-order valence-electron chi connectivity index (χ2n) is 2.99. The van der Waals surface area contributed by atoms with Gasteiger partial charge in [0, 0.05) is 28.6 Å². The lowest BCUT2D eigenvalue weighted by atomic mass is 10.3. The van der Waals surface area contributed by atoms with Gasteiger partial charge in [-0.05, 0) is 28.3 Å². The molecule has 94 valence electrons. The summed E-state index contributed by atoms with van der Waals surface area (Å²) in [4.78, 5) is 11.5. The van der Waals surface area contributed by atoms with Gasteiger partial charge in [-0.1, -0.05) is 11.6 Å². The third-order valence-corrected chi connectivity index (χ3v) is 2.34. The molecule has 0 unspecified atom stereocenters. The topological polar surface area (TPSA) is 23.6 Å². The van der Waals surface area contributed by atoms with E-state index < -0.39 is 18.8 Å². The number of rotatable bonds is 4. The summed E-state index contributed by atoms with van der Waals surface area (Å²) in [6, 6.07) is 5.83. The van der Waals surface area contributed by atoms with Crippen molar-refractivity contribution in [1.82, 2.24) is 4.05 Å². The number of carbonyl (C=O) groups excluding carboxylic acids is 1. The summed E-state index contributed by atoms with van der Waals surface area (Å²) in [5.74, 6) is -0.924. The second-order valence-corrected chi connectivity index (χ2v) is 4.24. The Kier molecular flexibility index (Phi) is 5.39. The zero-order valence-corrected chi connectivity index (χ0v) is 10.6. The van der Waals surface area contributed by atoms with Gasteiger partial charge in [-0.25, -0.2) is 13.8 Å². The molecule has 0 N–H and O–H groups in total. The van der Waals surface area contributed by atoms with Gasteiger partial charge >= 0.3 is 0 Å². The van der Waals surface area contributed by atoms with Crippen LogP contribution in [0.1, 0.15) is 6.42 Å². The van der Waals surface area contributed by atoms with Crippen molar-refractivity contribution >= 4 is 46.7 Å². The summed E-state index contributed by atoms with van der Waals surface area (Å²) < 4.78 is 24.6. The van der Waals surface area contributed by atoms with Gasteiger partial charge in [0.25, 0.3) is 0 Å². The molecule has 0 aromatic heterocycles.